The number of rotatable bonds is 8. The molecule has 1 fully saturated rings. The number of alkyl carbamates (subject to hydrolysis) is 1. The maximum Gasteiger partial charge on any atom is 0.408 e. The first kappa shape index (κ1) is 30.5. The third-order valence-electron chi connectivity index (χ3n) is 5.01. The number of alkyl halides is 3. The number of nitrogens with one attached hydrogen (secondary N) is 3. The van der Waals surface area contributed by atoms with E-state index in [1.165, 1.54) is 11.9 Å². The third-order valence-corrected chi connectivity index (χ3v) is 5.34. The molecule has 0 aliphatic carbocycles. The minimum atomic E-state index is -1.74. The van der Waals surface area contributed by atoms with Crippen molar-refractivity contribution in [3.05, 3.63) is 0 Å². The molecule has 0 aromatic rings. The first-order valence-corrected chi connectivity index (χ1v) is 12.3. The highest BCUT2D eigenvalue weighted by molar-refractivity contribution is 6.67. The Labute approximate surface area is 215 Å². The lowest BCUT2D eigenvalue weighted by Crippen LogP contribution is -2.61. The van der Waals surface area contributed by atoms with Crippen molar-refractivity contribution in [1.29, 1.82) is 0 Å². The molecule has 4 atom stereocenters. The van der Waals surface area contributed by atoms with Gasteiger partial charge in [0.15, 0.2) is 0 Å². The van der Waals surface area contributed by atoms with Crippen molar-refractivity contribution < 1.29 is 28.7 Å². The Bertz CT molecular complexity index is 741. The van der Waals surface area contributed by atoms with Crippen LogP contribution < -0.4 is 16.1 Å². The summed E-state index contributed by atoms with van der Waals surface area (Å²) in [4.78, 5) is 50.3. The summed E-state index contributed by atoms with van der Waals surface area (Å²) in [5.74, 6) is -1.83. The van der Waals surface area contributed by atoms with Crippen LogP contribution in [-0.2, 0) is 23.9 Å². The molecule has 0 saturated carbocycles. The Morgan fingerprint density at radius 1 is 1.12 bits per heavy atom. The summed E-state index contributed by atoms with van der Waals surface area (Å²) in [6, 6.07) is -2.62. The lowest BCUT2D eigenvalue weighted by molar-refractivity contribution is -0.152. The van der Waals surface area contributed by atoms with Crippen LogP contribution in [-0.4, -0.2) is 69.6 Å². The van der Waals surface area contributed by atoms with Gasteiger partial charge in [-0.2, -0.15) is 0 Å². The van der Waals surface area contributed by atoms with E-state index in [0.717, 1.165) is 0 Å². The Morgan fingerprint density at radius 2 is 1.74 bits per heavy atom. The number of amides is 3. The predicted octanol–water partition coefficient (Wildman–Crippen LogP) is 2.84. The molecule has 0 aromatic heterocycles. The first-order chi connectivity index (χ1) is 15.5. The summed E-state index contributed by atoms with van der Waals surface area (Å²) in [6.07, 6.45) is 0.852. The van der Waals surface area contributed by atoms with Gasteiger partial charge in [-0.25, -0.2) is 10.2 Å². The molecular formula is C21H35Cl3N4O6. The number of carbonyl (C=O) groups is 4. The molecule has 0 aromatic carbocycles. The van der Waals surface area contributed by atoms with Gasteiger partial charge in [0.25, 0.3) is 5.91 Å². The van der Waals surface area contributed by atoms with Crippen molar-refractivity contribution in [2.75, 3.05) is 13.2 Å². The molecule has 4 unspecified atom stereocenters. The van der Waals surface area contributed by atoms with Crippen LogP contribution in [0.15, 0.2) is 0 Å². The molecule has 1 heterocycles. The Hall–Kier alpha value is -1.49. The number of halogens is 3. The Morgan fingerprint density at radius 3 is 2.26 bits per heavy atom. The second-order valence-electron chi connectivity index (χ2n) is 9.28. The van der Waals surface area contributed by atoms with Crippen molar-refractivity contribution in [2.24, 2.45) is 5.92 Å². The molecule has 1 saturated heterocycles. The number of hydrogen-bond acceptors (Lipinski definition) is 7. The van der Waals surface area contributed by atoms with Gasteiger partial charge in [-0.05, 0) is 46.5 Å². The monoisotopic (exact) mass is 544 g/mol. The van der Waals surface area contributed by atoms with E-state index >= 15 is 0 Å². The highest BCUT2D eigenvalue weighted by Crippen LogP contribution is 2.26. The molecule has 10 nitrogen and oxygen atoms in total. The molecule has 3 N–H and O–H groups in total. The van der Waals surface area contributed by atoms with E-state index in [1.54, 1.807) is 20.8 Å². The number of hydrazine groups is 1. The fourth-order valence-electron chi connectivity index (χ4n) is 3.10. The Kier molecular flexibility index (Phi) is 11.7. The normalized spacial score (nSPS) is 19.4. The maximum absolute atomic E-state index is 12.9. The molecule has 0 bridgehead atoms. The topological polar surface area (TPSA) is 126 Å². The van der Waals surface area contributed by atoms with E-state index in [1.807, 2.05) is 13.8 Å². The minimum Gasteiger partial charge on any atom is -0.460 e. The van der Waals surface area contributed by atoms with Gasteiger partial charge in [0.05, 0.1) is 0 Å². The standard InChI is InChI=1S/C21H35Cl3N4O6/c1-7-12(2)15(26-19(32)34-20(4,5)6)16(29)25-13(3)17(30)28-10-8-9-14(27-28)18(31)33-11-21(22,23)24/h12-15,27H,7-11H2,1-6H3,(H,25,29)(H,26,32). The van der Waals surface area contributed by atoms with Gasteiger partial charge < -0.3 is 20.1 Å². The SMILES string of the molecule is CCC(C)C(NC(=O)OC(C)(C)C)C(=O)NC(C)C(=O)N1CCCC(C(=O)OCC(Cl)(Cl)Cl)N1. The van der Waals surface area contributed by atoms with Crippen LogP contribution >= 0.6 is 34.8 Å². The van der Waals surface area contributed by atoms with Gasteiger partial charge in [-0.1, -0.05) is 55.1 Å². The van der Waals surface area contributed by atoms with Gasteiger partial charge in [-0.15, -0.1) is 0 Å². The molecular weight excluding hydrogens is 511 g/mol. The molecule has 0 spiro atoms. The van der Waals surface area contributed by atoms with Crippen molar-refractivity contribution in [2.45, 2.75) is 88.3 Å². The van der Waals surface area contributed by atoms with Gasteiger partial charge in [0.2, 0.25) is 9.70 Å². The highest BCUT2D eigenvalue weighted by Gasteiger charge is 2.35. The average Bonchev–Trinajstić information content (AvgIpc) is 2.72. The van der Waals surface area contributed by atoms with Crippen LogP contribution in [0.1, 0.15) is 60.8 Å². The van der Waals surface area contributed by atoms with Crippen LogP contribution in [0.3, 0.4) is 0 Å². The van der Waals surface area contributed by atoms with Crippen LogP contribution in [0.25, 0.3) is 0 Å². The van der Waals surface area contributed by atoms with Crippen molar-refractivity contribution in [3.8, 4) is 0 Å². The van der Waals surface area contributed by atoms with E-state index in [2.05, 4.69) is 16.1 Å². The van der Waals surface area contributed by atoms with Crippen molar-refractivity contribution >= 4 is 58.7 Å². The minimum absolute atomic E-state index is 0.208. The number of carbonyl (C=O) groups excluding carboxylic acids is 4. The Balaban J connectivity index is 2.75. The molecule has 34 heavy (non-hydrogen) atoms. The zero-order chi connectivity index (χ0) is 26.3. The number of esters is 1. The van der Waals surface area contributed by atoms with Crippen molar-refractivity contribution in [1.82, 2.24) is 21.1 Å². The average molecular weight is 546 g/mol. The van der Waals surface area contributed by atoms with Gasteiger partial charge >= 0.3 is 12.1 Å². The predicted molar refractivity (Wildman–Crippen MR) is 129 cm³/mol. The van der Waals surface area contributed by atoms with Crippen LogP contribution in [0, 0.1) is 5.92 Å². The molecule has 3 amide bonds. The third kappa shape index (κ3) is 10.8. The summed E-state index contributed by atoms with van der Waals surface area (Å²) in [5.41, 5.74) is 2.08. The second kappa shape index (κ2) is 13.0. The van der Waals surface area contributed by atoms with E-state index < -0.39 is 58.0 Å². The van der Waals surface area contributed by atoms with Gasteiger partial charge in [0.1, 0.15) is 30.3 Å². The van der Waals surface area contributed by atoms with Gasteiger partial charge in [0, 0.05) is 6.54 Å². The molecule has 1 aliphatic heterocycles. The number of hydrogen-bond donors (Lipinski definition) is 3. The summed E-state index contributed by atoms with van der Waals surface area (Å²) in [6.45, 7) is 10.3. The molecule has 0 radical (unpaired) electrons. The van der Waals surface area contributed by atoms with Crippen molar-refractivity contribution in [3.63, 3.8) is 0 Å². The molecule has 196 valence electrons. The summed E-state index contributed by atoms with van der Waals surface area (Å²) in [7, 11) is 0. The summed E-state index contributed by atoms with van der Waals surface area (Å²) in [5, 5.41) is 6.49. The second-order valence-corrected chi connectivity index (χ2v) is 11.8. The fourth-order valence-corrected chi connectivity index (χ4v) is 3.27. The molecule has 1 aliphatic rings. The first-order valence-electron chi connectivity index (χ1n) is 11.1. The van der Waals surface area contributed by atoms with Crippen LogP contribution in [0.4, 0.5) is 4.79 Å². The van der Waals surface area contributed by atoms with E-state index in [-0.39, 0.29) is 5.92 Å². The highest BCUT2D eigenvalue weighted by atomic mass is 35.6. The zero-order valence-electron chi connectivity index (χ0n) is 20.4. The lowest BCUT2D eigenvalue weighted by Gasteiger charge is -2.35. The number of ether oxygens (including phenoxy) is 2. The van der Waals surface area contributed by atoms with Crippen LogP contribution in [0.2, 0.25) is 0 Å². The fraction of sp³-hybridized carbons (Fsp3) is 0.810. The molecule has 1 rings (SSSR count). The largest absolute Gasteiger partial charge is 0.460 e. The van der Waals surface area contributed by atoms with Gasteiger partial charge in [-0.3, -0.25) is 19.4 Å². The smallest absolute Gasteiger partial charge is 0.408 e. The quantitative estimate of drug-likeness (QED) is 0.316. The summed E-state index contributed by atoms with van der Waals surface area (Å²) >= 11 is 16.8. The van der Waals surface area contributed by atoms with E-state index in [4.69, 9.17) is 44.3 Å². The zero-order valence-corrected chi connectivity index (χ0v) is 22.6. The van der Waals surface area contributed by atoms with Crippen LogP contribution in [0.5, 0.6) is 0 Å². The molecule has 13 heteroatoms. The number of nitrogens with zero attached hydrogens (tertiary/aromatic N) is 1. The van der Waals surface area contributed by atoms with E-state index in [9.17, 15) is 19.2 Å². The maximum atomic E-state index is 12.9. The summed E-state index contributed by atoms with van der Waals surface area (Å²) < 4.78 is 8.50. The van der Waals surface area contributed by atoms with E-state index in [0.29, 0.717) is 25.8 Å². The lowest BCUT2D eigenvalue weighted by atomic mass is 9.98.